The molecule has 0 fully saturated rings. The van der Waals surface area contributed by atoms with Crippen LogP contribution in [0.25, 0.3) is 0 Å². The summed E-state index contributed by atoms with van der Waals surface area (Å²) in [7, 11) is 2.07. The Morgan fingerprint density at radius 3 is 2.69 bits per heavy atom. The lowest BCUT2D eigenvalue weighted by atomic mass is 10.2. The van der Waals surface area contributed by atoms with E-state index in [1.54, 1.807) is 0 Å². The number of ether oxygens (including phenoxy) is 1. The van der Waals surface area contributed by atoms with Crippen molar-refractivity contribution in [2.75, 3.05) is 13.6 Å². The molecule has 0 unspecified atom stereocenters. The molecule has 0 saturated carbocycles. The van der Waals surface area contributed by atoms with Crippen LogP contribution in [0.15, 0.2) is 51.9 Å². The van der Waals surface area contributed by atoms with Crippen molar-refractivity contribution in [1.29, 1.82) is 0 Å². The average Bonchev–Trinajstić information content (AvgIpc) is 2.32. The second kappa shape index (κ2) is 5.39. The molecule has 0 atom stereocenters. The van der Waals surface area contributed by atoms with Gasteiger partial charge in [0.05, 0.1) is 10.2 Å². The number of hydrogen-bond acceptors (Lipinski definition) is 2. The Bertz CT molecular complexity index is 411. The van der Waals surface area contributed by atoms with Crippen molar-refractivity contribution in [3.8, 4) is 0 Å². The van der Waals surface area contributed by atoms with Gasteiger partial charge in [-0.05, 0) is 40.3 Å². The molecule has 0 N–H and O–H groups in total. The predicted molar refractivity (Wildman–Crippen MR) is 74.0 cm³/mol. The maximum atomic E-state index is 5.76. The fourth-order valence-electron chi connectivity index (χ4n) is 1.49. The zero-order valence-electron chi connectivity index (χ0n) is 9.19. The monoisotopic (exact) mass is 327 g/mol. The standard InChI is InChI=1S/C13H14INO/c1-15-9-12(7-8-13(15)14)16-10-11-5-3-2-4-6-11/h2-8H,9-10H2,1H3. The summed E-state index contributed by atoms with van der Waals surface area (Å²) in [5.74, 6) is 1.02. The van der Waals surface area contributed by atoms with Gasteiger partial charge in [0.15, 0.2) is 0 Å². The van der Waals surface area contributed by atoms with Gasteiger partial charge in [-0.25, -0.2) is 0 Å². The highest BCUT2D eigenvalue weighted by atomic mass is 127. The highest BCUT2D eigenvalue weighted by Crippen LogP contribution is 2.19. The van der Waals surface area contributed by atoms with Crippen LogP contribution in [-0.2, 0) is 11.3 Å². The van der Waals surface area contributed by atoms with E-state index in [0.717, 1.165) is 12.3 Å². The Morgan fingerprint density at radius 2 is 2.00 bits per heavy atom. The van der Waals surface area contributed by atoms with Crippen LogP contribution in [0.3, 0.4) is 0 Å². The second-order valence-electron chi connectivity index (χ2n) is 3.75. The number of hydrogen-bond donors (Lipinski definition) is 0. The van der Waals surface area contributed by atoms with E-state index in [1.165, 1.54) is 9.27 Å². The number of benzene rings is 1. The summed E-state index contributed by atoms with van der Waals surface area (Å²) < 4.78 is 7.00. The molecule has 0 bridgehead atoms. The maximum absolute atomic E-state index is 5.76. The number of likely N-dealkylation sites (N-methyl/N-ethyl adjacent to an activating group) is 1. The summed E-state index contributed by atoms with van der Waals surface area (Å²) in [6, 6.07) is 10.2. The minimum absolute atomic E-state index is 0.644. The minimum Gasteiger partial charge on any atom is -0.491 e. The quantitative estimate of drug-likeness (QED) is 0.624. The summed E-state index contributed by atoms with van der Waals surface area (Å²) in [4.78, 5) is 2.17. The van der Waals surface area contributed by atoms with Gasteiger partial charge in [-0.3, -0.25) is 0 Å². The molecule has 1 aromatic carbocycles. The Morgan fingerprint density at radius 1 is 1.25 bits per heavy atom. The number of allylic oxidation sites excluding steroid dienone is 2. The Labute approximate surface area is 110 Å². The first-order valence-electron chi connectivity index (χ1n) is 5.20. The van der Waals surface area contributed by atoms with Crippen molar-refractivity contribution >= 4 is 22.6 Å². The molecular weight excluding hydrogens is 313 g/mol. The van der Waals surface area contributed by atoms with Gasteiger partial charge in [-0.1, -0.05) is 30.3 Å². The van der Waals surface area contributed by atoms with Crippen LogP contribution in [0.4, 0.5) is 0 Å². The predicted octanol–water partition coefficient (Wildman–Crippen LogP) is 3.31. The van der Waals surface area contributed by atoms with E-state index in [4.69, 9.17) is 4.74 Å². The van der Waals surface area contributed by atoms with Crippen molar-refractivity contribution in [1.82, 2.24) is 4.90 Å². The van der Waals surface area contributed by atoms with E-state index in [1.807, 2.05) is 24.3 Å². The van der Waals surface area contributed by atoms with Gasteiger partial charge in [0, 0.05) is 7.05 Å². The molecule has 0 saturated heterocycles. The first kappa shape index (κ1) is 11.5. The van der Waals surface area contributed by atoms with Crippen LogP contribution in [-0.4, -0.2) is 18.5 Å². The van der Waals surface area contributed by atoms with Gasteiger partial charge >= 0.3 is 0 Å². The molecule has 16 heavy (non-hydrogen) atoms. The zero-order chi connectivity index (χ0) is 11.4. The van der Waals surface area contributed by atoms with Gasteiger partial charge < -0.3 is 9.64 Å². The second-order valence-corrected chi connectivity index (χ2v) is 4.86. The summed E-state index contributed by atoms with van der Waals surface area (Å²) in [5, 5.41) is 0. The van der Waals surface area contributed by atoms with E-state index < -0.39 is 0 Å². The largest absolute Gasteiger partial charge is 0.491 e. The zero-order valence-corrected chi connectivity index (χ0v) is 11.3. The molecule has 0 spiro atoms. The van der Waals surface area contributed by atoms with Gasteiger partial charge in [0.2, 0.25) is 0 Å². The highest BCUT2D eigenvalue weighted by molar-refractivity contribution is 14.1. The van der Waals surface area contributed by atoms with Crippen molar-refractivity contribution in [3.63, 3.8) is 0 Å². The summed E-state index contributed by atoms with van der Waals surface area (Å²) in [6.07, 6.45) is 4.12. The molecule has 0 radical (unpaired) electrons. The molecule has 3 heteroatoms. The molecule has 2 rings (SSSR count). The third kappa shape index (κ3) is 3.01. The summed E-state index contributed by atoms with van der Waals surface area (Å²) in [6.45, 7) is 1.49. The molecule has 0 amide bonds. The Hall–Kier alpha value is -0.970. The third-order valence-electron chi connectivity index (χ3n) is 2.43. The molecule has 1 aliphatic rings. The lowest BCUT2D eigenvalue weighted by molar-refractivity contribution is 0.176. The van der Waals surface area contributed by atoms with Crippen LogP contribution in [0.5, 0.6) is 0 Å². The molecule has 1 aromatic rings. The number of nitrogens with zero attached hydrogens (tertiary/aromatic N) is 1. The summed E-state index contributed by atoms with van der Waals surface area (Å²) in [5.41, 5.74) is 1.20. The van der Waals surface area contributed by atoms with E-state index in [2.05, 4.69) is 52.7 Å². The highest BCUT2D eigenvalue weighted by Gasteiger charge is 2.09. The number of halogens is 1. The van der Waals surface area contributed by atoms with Gasteiger partial charge in [0.1, 0.15) is 12.4 Å². The van der Waals surface area contributed by atoms with Crippen molar-refractivity contribution in [2.24, 2.45) is 0 Å². The van der Waals surface area contributed by atoms with Crippen LogP contribution in [0.2, 0.25) is 0 Å². The topological polar surface area (TPSA) is 12.5 Å². The van der Waals surface area contributed by atoms with E-state index >= 15 is 0 Å². The molecular formula is C13H14INO. The normalized spacial score (nSPS) is 15.5. The Kier molecular flexibility index (Phi) is 3.88. The SMILES string of the molecule is CN1CC(OCc2ccccc2)=CC=C1I. The van der Waals surface area contributed by atoms with Crippen molar-refractivity contribution in [2.45, 2.75) is 6.61 Å². The molecule has 0 aliphatic carbocycles. The van der Waals surface area contributed by atoms with Crippen molar-refractivity contribution in [3.05, 3.63) is 57.5 Å². The maximum Gasteiger partial charge on any atom is 0.116 e. The molecule has 84 valence electrons. The molecule has 2 nitrogen and oxygen atoms in total. The molecule has 1 heterocycles. The van der Waals surface area contributed by atoms with Crippen LogP contribution >= 0.6 is 22.6 Å². The number of rotatable bonds is 3. The van der Waals surface area contributed by atoms with E-state index in [0.29, 0.717) is 6.61 Å². The first-order valence-corrected chi connectivity index (χ1v) is 6.28. The molecule has 1 aliphatic heterocycles. The van der Waals surface area contributed by atoms with Crippen LogP contribution < -0.4 is 0 Å². The average molecular weight is 327 g/mol. The van der Waals surface area contributed by atoms with E-state index in [9.17, 15) is 0 Å². The first-order chi connectivity index (χ1) is 7.75. The fraction of sp³-hybridized carbons (Fsp3) is 0.231. The smallest absolute Gasteiger partial charge is 0.116 e. The van der Waals surface area contributed by atoms with Gasteiger partial charge in [0.25, 0.3) is 0 Å². The Balaban J connectivity index is 1.92. The lowest BCUT2D eigenvalue weighted by Crippen LogP contribution is -2.21. The molecule has 0 aromatic heterocycles. The van der Waals surface area contributed by atoms with Crippen LogP contribution in [0.1, 0.15) is 5.56 Å². The summed E-state index contributed by atoms with van der Waals surface area (Å²) >= 11 is 2.32. The fourth-order valence-corrected chi connectivity index (χ4v) is 1.85. The minimum atomic E-state index is 0.644. The van der Waals surface area contributed by atoms with E-state index in [-0.39, 0.29) is 0 Å². The van der Waals surface area contributed by atoms with Crippen LogP contribution in [0, 0.1) is 0 Å². The van der Waals surface area contributed by atoms with Gasteiger partial charge in [-0.2, -0.15) is 0 Å². The lowest BCUT2D eigenvalue weighted by Gasteiger charge is -2.23. The van der Waals surface area contributed by atoms with Gasteiger partial charge in [-0.15, -0.1) is 0 Å². The third-order valence-corrected chi connectivity index (χ3v) is 3.61. The van der Waals surface area contributed by atoms with Crippen molar-refractivity contribution < 1.29 is 4.74 Å².